The molecule has 2 unspecified atom stereocenters. The van der Waals surface area contributed by atoms with Crippen molar-refractivity contribution in [3.05, 3.63) is 0 Å². The van der Waals surface area contributed by atoms with E-state index in [1.165, 1.54) is 25.7 Å². The lowest BCUT2D eigenvalue weighted by atomic mass is 9.89. The first kappa shape index (κ1) is 17.0. The van der Waals surface area contributed by atoms with E-state index in [-0.39, 0.29) is 18.2 Å². The lowest BCUT2D eigenvalue weighted by molar-refractivity contribution is 0.00774. The Morgan fingerprint density at radius 3 is 2.00 bits per heavy atom. The maximum absolute atomic E-state index is 12.1. The van der Waals surface area contributed by atoms with Gasteiger partial charge >= 0.3 is 6.03 Å². The molecule has 132 valence electrons. The smallest absolute Gasteiger partial charge is 0.315 e. The standard InChI is InChI=1S/C18H33N3O2/c22-17-9-5-4-8-16(17)21-12-10-15(11-13-21)20-18(23)19-14-6-2-1-3-7-14/h14-17,22H,1-13H2,(H2,19,20,23). The molecular weight excluding hydrogens is 290 g/mol. The predicted octanol–water partition coefficient (Wildman–Crippen LogP) is 2.39. The molecule has 0 radical (unpaired) electrons. The van der Waals surface area contributed by atoms with Crippen LogP contribution in [-0.4, -0.2) is 53.4 Å². The van der Waals surface area contributed by atoms with Gasteiger partial charge in [0.15, 0.2) is 0 Å². The second kappa shape index (κ2) is 8.34. The molecule has 3 N–H and O–H groups in total. The van der Waals surface area contributed by atoms with Crippen LogP contribution in [0.1, 0.15) is 70.6 Å². The molecule has 3 rings (SSSR count). The molecule has 23 heavy (non-hydrogen) atoms. The third kappa shape index (κ3) is 4.83. The Bertz CT molecular complexity index is 376. The molecule has 1 aliphatic heterocycles. The van der Waals surface area contributed by atoms with Gasteiger partial charge in [-0.05, 0) is 38.5 Å². The van der Waals surface area contributed by atoms with Crippen molar-refractivity contribution >= 4 is 6.03 Å². The summed E-state index contributed by atoms with van der Waals surface area (Å²) in [5, 5.41) is 16.5. The van der Waals surface area contributed by atoms with E-state index in [9.17, 15) is 9.90 Å². The molecule has 2 saturated carbocycles. The van der Waals surface area contributed by atoms with Crippen LogP contribution < -0.4 is 10.6 Å². The molecule has 2 amide bonds. The van der Waals surface area contributed by atoms with Gasteiger partial charge in [0, 0.05) is 31.2 Å². The molecule has 0 aromatic carbocycles. The van der Waals surface area contributed by atoms with Gasteiger partial charge in [-0.3, -0.25) is 4.90 Å². The van der Waals surface area contributed by atoms with Crippen LogP contribution in [0.2, 0.25) is 0 Å². The van der Waals surface area contributed by atoms with E-state index in [4.69, 9.17) is 0 Å². The Morgan fingerprint density at radius 2 is 1.35 bits per heavy atom. The topological polar surface area (TPSA) is 64.6 Å². The van der Waals surface area contributed by atoms with Crippen molar-refractivity contribution in [2.45, 2.75) is 94.9 Å². The van der Waals surface area contributed by atoms with Gasteiger partial charge in [-0.25, -0.2) is 4.79 Å². The van der Waals surface area contributed by atoms with E-state index in [1.54, 1.807) is 0 Å². The van der Waals surface area contributed by atoms with E-state index in [0.717, 1.165) is 58.0 Å². The Labute approximate surface area is 140 Å². The summed E-state index contributed by atoms with van der Waals surface area (Å²) < 4.78 is 0. The molecule has 3 fully saturated rings. The zero-order valence-electron chi connectivity index (χ0n) is 14.3. The average Bonchev–Trinajstić information content (AvgIpc) is 2.57. The van der Waals surface area contributed by atoms with E-state index >= 15 is 0 Å². The summed E-state index contributed by atoms with van der Waals surface area (Å²) in [7, 11) is 0. The van der Waals surface area contributed by atoms with Crippen molar-refractivity contribution in [1.29, 1.82) is 0 Å². The van der Waals surface area contributed by atoms with Crippen LogP contribution >= 0.6 is 0 Å². The van der Waals surface area contributed by atoms with Gasteiger partial charge in [-0.15, -0.1) is 0 Å². The molecule has 5 heteroatoms. The van der Waals surface area contributed by atoms with Crippen molar-refractivity contribution in [3.63, 3.8) is 0 Å². The largest absolute Gasteiger partial charge is 0.391 e. The molecule has 1 heterocycles. The summed E-state index contributed by atoms with van der Waals surface area (Å²) in [6.07, 6.45) is 12.4. The number of urea groups is 1. The fourth-order valence-electron chi connectivity index (χ4n) is 4.55. The predicted molar refractivity (Wildman–Crippen MR) is 91.4 cm³/mol. The molecule has 5 nitrogen and oxygen atoms in total. The normalized spacial score (nSPS) is 31.7. The number of nitrogens with zero attached hydrogens (tertiary/aromatic N) is 1. The highest BCUT2D eigenvalue weighted by Gasteiger charge is 2.31. The average molecular weight is 323 g/mol. The molecular formula is C18H33N3O2. The van der Waals surface area contributed by atoms with Gasteiger partial charge < -0.3 is 15.7 Å². The Morgan fingerprint density at radius 1 is 0.783 bits per heavy atom. The highest BCUT2D eigenvalue weighted by Crippen LogP contribution is 2.26. The number of piperidine rings is 1. The number of aliphatic hydroxyl groups excluding tert-OH is 1. The van der Waals surface area contributed by atoms with Crippen LogP contribution in [0, 0.1) is 0 Å². The van der Waals surface area contributed by atoms with Gasteiger partial charge in [-0.1, -0.05) is 32.1 Å². The minimum Gasteiger partial charge on any atom is -0.391 e. The van der Waals surface area contributed by atoms with Gasteiger partial charge in [0.25, 0.3) is 0 Å². The highest BCUT2D eigenvalue weighted by atomic mass is 16.3. The number of hydrogen-bond acceptors (Lipinski definition) is 3. The van der Waals surface area contributed by atoms with Crippen molar-refractivity contribution in [3.8, 4) is 0 Å². The summed E-state index contributed by atoms with van der Waals surface area (Å²) in [6, 6.07) is 1.03. The van der Waals surface area contributed by atoms with Crippen LogP contribution in [0.4, 0.5) is 4.79 Å². The number of nitrogens with one attached hydrogen (secondary N) is 2. The number of likely N-dealkylation sites (tertiary alicyclic amines) is 1. The van der Waals surface area contributed by atoms with Crippen LogP contribution in [0.25, 0.3) is 0 Å². The SMILES string of the molecule is O=C(NC1CCCCC1)NC1CCN(C2CCCCC2O)CC1. The number of hydrogen-bond donors (Lipinski definition) is 3. The number of carbonyl (C=O) groups is 1. The lowest BCUT2D eigenvalue weighted by Crippen LogP contribution is -2.54. The van der Waals surface area contributed by atoms with E-state index in [1.807, 2.05) is 0 Å². The van der Waals surface area contributed by atoms with Crippen molar-refractivity contribution in [2.75, 3.05) is 13.1 Å². The van der Waals surface area contributed by atoms with Crippen molar-refractivity contribution in [1.82, 2.24) is 15.5 Å². The Hall–Kier alpha value is -0.810. The fourth-order valence-corrected chi connectivity index (χ4v) is 4.55. The second-order valence-electron chi connectivity index (χ2n) is 7.68. The molecule has 2 atom stereocenters. The molecule has 0 aromatic heterocycles. The first-order chi connectivity index (χ1) is 11.2. The van der Waals surface area contributed by atoms with Gasteiger partial charge in [0.1, 0.15) is 0 Å². The van der Waals surface area contributed by atoms with Crippen molar-refractivity contribution < 1.29 is 9.90 Å². The summed E-state index contributed by atoms with van der Waals surface area (Å²) >= 11 is 0. The third-order valence-electron chi connectivity index (χ3n) is 5.97. The minimum absolute atomic E-state index is 0.0213. The quantitative estimate of drug-likeness (QED) is 0.747. The summed E-state index contributed by atoms with van der Waals surface area (Å²) in [5.41, 5.74) is 0. The number of rotatable bonds is 3. The maximum atomic E-state index is 12.1. The molecule has 0 bridgehead atoms. The zero-order chi connectivity index (χ0) is 16.1. The number of amides is 2. The first-order valence-corrected chi connectivity index (χ1v) is 9.71. The molecule has 2 aliphatic carbocycles. The Balaban J connectivity index is 1.37. The van der Waals surface area contributed by atoms with E-state index in [2.05, 4.69) is 15.5 Å². The molecule has 0 aromatic rings. The van der Waals surface area contributed by atoms with Crippen LogP contribution in [0.15, 0.2) is 0 Å². The monoisotopic (exact) mass is 323 g/mol. The molecule has 0 spiro atoms. The third-order valence-corrected chi connectivity index (χ3v) is 5.97. The van der Waals surface area contributed by atoms with Crippen LogP contribution in [0.5, 0.6) is 0 Å². The fraction of sp³-hybridized carbons (Fsp3) is 0.944. The van der Waals surface area contributed by atoms with Crippen LogP contribution in [0.3, 0.4) is 0 Å². The first-order valence-electron chi connectivity index (χ1n) is 9.71. The van der Waals surface area contributed by atoms with Gasteiger partial charge in [-0.2, -0.15) is 0 Å². The number of carbonyl (C=O) groups excluding carboxylic acids is 1. The number of aliphatic hydroxyl groups is 1. The molecule has 1 saturated heterocycles. The van der Waals surface area contributed by atoms with Gasteiger partial charge in [0.2, 0.25) is 0 Å². The van der Waals surface area contributed by atoms with E-state index in [0.29, 0.717) is 12.1 Å². The summed E-state index contributed by atoms with van der Waals surface area (Å²) in [6.45, 7) is 1.99. The second-order valence-corrected chi connectivity index (χ2v) is 7.68. The zero-order valence-corrected chi connectivity index (χ0v) is 14.3. The molecule has 3 aliphatic rings. The highest BCUT2D eigenvalue weighted by molar-refractivity contribution is 5.74. The van der Waals surface area contributed by atoms with Crippen molar-refractivity contribution in [2.24, 2.45) is 0 Å². The summed E-state index contributed by atoms with van der Waals surface area (Å²) in [5.74, 6) is 0. The van der Waals surface area contributed by atoms with Gasteiger partial charge in [0.05, 0.1) is 6.10 Å². The summed E-state index contributed by atoms with van der Waals surface area (Å²) in [4.78, 5) is 14.6. The van der Waals surface area contributed by atoms with Crippen LogP contribution in [-0.2, 0) is 0 Å². The minimum atomic E-state index is -0.150. The Kier molecular flexibility index (Phi) is 6.17. The maximum Gasteiger partial charge on any atom is 0.315 e. The lowest BCUT2D eigenvalue weighted by Gasteiger charge is -2.41. The van der Waals surface area contributed by atoms with E-state index < -0.39 is 0 Å².